The zero-order valence-corrected chi connectivity index (χ0v) is 18.8. The molecule has 0 unspecified atom stereocenters. The number of hydrogen-bond acceptors (Lipinski definition) is 1. The first-order valence-corrected chi connectivity index (χ1v) is 13.1. The van der Waals surface area contributed by atoms with E-state index in [0.29, 0.717) is 0 Å². The Kier molecular flexibility index (Phi) is 6.34. The van der Waals surface area contributed by atoms with E-state index in [1.165, 1.54) is 35.3 Å². The number of benzene rings is 3. The highest BCUT2D eigenvalue weighted by Gasteiger charge is 2.54. The molecule has 0 bridgehead atoms. The molecule has 0 aliphatic heterocycles. The zero-order valence-electron chi connectivity index (χ0n) is 17.8. The average Bonchev–Trinajstić information content (AvgIpc) is 3.30. The summed E-state index contributed by atoms with van der Waals surface area (Å²) in [7, 11) is -2.48. The van der Waals surface area contributed by atoms with Crippen molar-refractivity contribution in [2.24, 2.45) is 0 Å². The van der Waals surface area contributed by atoms with Crippen LogP contribution in [0.5, 0.6) is 0 Å². The minimum atomic E-state index is -2.48. The largest absolute Gasteiger partial charge is 0.403 e. The molecule has 1 N–H and O–H groups in total. The van der Waals surface area contributed by atoms with Crippen molar-refractivity contribution in [1.29, 1.82) is 0 Å². The van der Waals surface area contributed by atoms with Gasteiger partial charge in [-0.2, -0.15) is 0 Å². The van der Waals surface area contributed by atoms with Gasteiger partial charge in [0, 0.05) is 10.7 Å². The lowest BCUT2D eigenvalue weighted by molar-refractivity contribution is 0.616. The number of para-hydroxylation sites is 1. The summed E-state index contributed by atoms with van der Waals surface area (Å²) < 4.78 is 0. The lowest BCUT2D eigenvalue weighted by Crippen LogP contribution is -2.71. The predicted octanol–water partition coefficient (Wildman–Crippen LogP) is 6.31. The van der Waals surface area contributed by atoms with Crippen LogP contribution in [0.3, 0.4) is 0 Å². The molecule has 4 rings (SSSR count). The van der Waals surface area contributed by atoms with Gasteiger partial charge < -0.3 is 4.98 Å². The number of hydrogen-bond donors (Lipinski definition) is 1. The maximum absolute atomic E-state index is 4.17. The van der Waals surface area contributed by atoms with Crippen molar-refractivity contribution in [3.63, 3.8) is 0 Å². The highest BCUT2D eigenvalue weighted by Crippen LogP contribution is 2.48. The van der Waals surface area contributed by atoms with Crippen LogP contribution >= 0.6 is 0 Å². The molecule has 0 amide bonds. The summed E-state index contributed by atoms with van der Waals surface area (Å²) in [5, 5.41) is 2.83. The molecule has 0 spiro atoms. The monoisotopic (exact) mass is 409 g/mol. The molecule has 1 nitrogen and oxygen atoms in total. The van der Waals surface area contributed by atoms with E-state index in [-0.39, 0.29) is 5.04 Å². The van der Waals surface area contributed by atoms with Crippen molar-refractivity contribution >= 4 is 24.3 Å². The van der Waals surface area contributed by atoms with Gasteiger partial charge in [-0.05, 0) is 28.9 Å². The minimum absolute atomic E-state index is 0.0132. The molecule has 0 fully saturated rings. The van der Waals surface area contributed by atoms with E-state index in [4.69, 9.17) is 0 Å². The van der Waals surface area contributed by atoms with E-state index < -0.39 is 8.24 Å². The lowest BCUT2D eigenvalue weighted by atomic mass is 10.0. The summed E-state index contributed by atoms with van der Waals surface area (Å²) in [6, 6.07) is 33.1. The average molecular weight is 410 g/mol. The van der Waals surface area contributed by atoms with Crippen molar-refractivity contribution in [2.45, 2.75) is 37.6 Å². The van der Waals surface area contributed by atoms with Gasteiger partial charge in [-0.3, -0.25) is 0 Å². The summed E-state index contributed by atoms with van der Waals surface area (Å²) in [5.41, 5.74) is 1.19. The third-order valence-corrected chi connectivity index (χ3v) is 11.4. The van der Waals surface area contributed by atoms with Gasteiger partial charge in [0.05, 0.1) is 0 Å². The number of unbranched alkanes of at least 4 members (excludes halogenated alkanes) is 2. The first-order chi connectivity index (χ1) is 14.8. The van der Waals surface area contributed by atoms with Crippen LogP contribution in [0.4, 0.5) is 5.69 Å². The maximum atomic E-state index is 4.17. The van der Waals surface area contributed by atoms with Crippen molar-refractivity contribution in [2.75, 3.05) is 4.98 Å². The summed E-state index contributed by atoms with van der Waals surface area (Å²) in [5.74, 6) is 0. The van der Waals surface area contributed by atoms with Gasteiger partial charge in [-0.1, -0.05) is 129 Å². The van der Waals surface area contributed by atoms with Crippen LogP contribution in [-0.2, 0) is 0 Å². The fraction of sp³-hybridized carbons (Fsp3) is 0.214. The molecule has 1 aliphatic rings. The molecule has 30 heavy (non-hydrogen) atoms. The Morgan fingerprint density at radius 2 is 1.17 bits per heavy atom. The van der Waals surface area contributed by atoms with E-state index in [1.54, 1.807) is 0 Å². The fourth-order valence-corrected chi connectivity index (χ4v) is 10.0. The predicted molar refractivity (Wildman–Crippen MR) is 133 cm³/mol. The summed E-state index contributed by atoms with van der Waals surface area (Å²) in [4.78, 5) is 4.17. The van der Waals surface area contributed by atoms with Crippen LogP contribution in [0, 0.1) is 0 Å². The van der Waals surface area contributed by atoms with Gasteiger partial charge in [-0.25, -0.2) is 0 Å². The Hall–Kier alpha value is -2.84. The zero-order chi connectivity index (χ0) is 20.7. The van der Waals surface area contributed by atoms with E-state index in [0.717, 1.165) is 6.42 Å². The van der Waals surface area contributed by atoms with Crippen LogP contribution in [0.2, 0.25) is 5.04 Å². The van der Waals surface area contributed by atoms with Crippen molar-refractivity contribution in [3.8, 4) is 0 Å². The van der Waals surface area contributed by atoms with Crippen molar-refractivity contribution in [3.05, 3.63) is 115 Å². The standard InChI is InChI=1S/C28H31NSi/c1-2-3-13-22-28(23-14-15-24-28)30(26-18-9-5-10-19-26,27-20-11-6-12-21-27)29-25-16-7-4-8-17-25/h4-12,14-21,23-24,29H,2-3,13,22H2,1H3. The minimum Gasteiger partial charge on any atom is -0.403 e. The molecule has 152 valence electrons. The quantitative estimate of drug-likeness (QED) is 0.323. The molecule has 0 saturated heterocycles. The highest BCUT2D eigenvalue weighted by atomic mass is 28.3. The SMILES string of the molecule is CCCCCC1([Si](Nc2ccccc2)(c2ccccc2)c2ccccc2)C=CC=C1. The molecule has 1 aliphatic carbocycles. The van der Waals surface area contributed by atoms with E-state index in [9.17, 15) is 0 Å². The van der Waals surface area contributed by atoms with Crippen LogP contribution in [0.1, 0.15) is 32.6 Å². The second-order valence-corrected chi connectivity index (χ2v) is 12.0. The normalized spacial score (nSPS) is 14.7. The van der Waals surface area contributed by atoms with E-state index in [1.807, 2.05) is 0 Å². The molecule has 0 radical (unpaired) electrons. The molecule has 0 saturated carbocycles. The van der Waals surface area contributed by atoms with Gasteiger partial charge >= 0.3 is 0 Å². The van der Waals surface area contributed by atoms with E-state index in [2.05, 4.69) is 127 Å². The summed E-state index contributed by atoms with van der Waals surface area (Å²) in [6.45, 7) is 2.29. The Labute approximate surface area is 182 Å². The Balaban J connectivity index is 1.97. The number of anilines is 1. The smallest absolute Gasteiger partial charge is 0.232 e. The van der Waals surface area contributed by atoms with Crippen LogP contribution < -0.4 is 15.4 Å². The summed E-state index contributed by atoms with van der Waals surface area (Å²) in [6.07, 6.45) is 14.4. The first kappa shape index (κ1) is 20.4. The molecule has 0 atom stereocenters. The Morgan fingerprint density at radius 3 is 1.67 bits per heavy atom. The fourth-order valence-electron chi connectivity index (χ4n) is 4.86. The van der Waals surface area contributed by atoms with Crippen LogP contribution in [0.25, 0.3) is 0 Å². The molecular weight excluding hydrogens is 378 g/mol. The highest BCUT2D eigenvalue weighted by molar-refractivity contribution is 7.07. The van der Waals surface area contributed by atoms with Gasteiger partial charge in [0.15, 0.2) is 0 Å². The molecule has 2 heteroatoms. The second-order valence-electron chi connectivity index (χ2n) is 8.19. The molecule has 3 aromatic rings. The van der Waals surface area contributed by atoms with Gasteiger partial charge in [0.25, 0.3) is 0 Å². The summed E-state index contributed by atoms with van der Waals surface area (Å²) >= 11 is 0. The molecular formula is C28H31NSi. The van der Waals surface area contributed by atoms with Crippen molar-refractivity contribution in [1.82, 2.24) is 0 Å². The number of nitrogens with one attached hydrogen (secondary N) is 1. The second kappa shape index (κ2) is 9.31. The van der Waals surface area contributed by atoms with Crippen LogP contribution in [0.15, 0.2) is 115 Å². The molecule has 3 aromatic carbocycles. The Morgan fingerprint density at radius 1 is 0.667 bits per heavy atom. The maximum Gasteiger partial charge on any atom is 0.232 e. The van der Waals surface area contributed by atoms with Gasteiger partial charge in [0.2, 0.25) is 8.24 Å². The number of allylic oxidation sites excluding steroid dienone is 4. The number of rotatable bonds is 9. The van der Waals surface area contributed by atoms with Gasteiger partial charge in [0.1, 0.15) is 0 Å². The molecule has 0 aromatic heterocycles. The van der Waals surface area contributed by atoms with Crippen molar-refractivity contribution < 1.29 is 0 Å². The first-order valence-electron chi connectivity index (χ1n) is 11.1. The molecule has 0 heterocycles. The van der Waals surface area contributed by atoms with Gasteiger partial charge in [-0.15, -0.1) is 0 Å². The lowest BCUT2D eigenvalue weighted by Gasteiger charge is -2.47. The van der Waals surface area contributed by atoms with E-state index >= 15 is 0 Å². The third kappa shape index (κ3) is 3.80. The Bertz CT molecular complexity index is 925. The van der Waals surface area contributed by atoms with Crippen LogP contribution in [-0.4, -0.2) is 8.24 Å². The topological polar surface area (TPSA) is 12.0 Å². The third-order valence-electron chi connectivity index (χ3n) is 6.31.